The number of carboxylic acids is 3. The van der Waals surface area contributed by atoms with Crippen LogP contribution in [-0.2, 0) is 14.4 Å². The number of carbonyl (C=O) groups is 3. The van der Waals surface area contributed by atoms with Gasteiger partial charge in [0.25, 0.3) is 0 Å². The fraction of sp³-hybridized carbons (Fsp3) is 0.0526. The number of benzene rings is 2. The first kappa shape index (κ1) is 18.6. The van der Waals surface area contributed by atoms with Crippen molar-refractivity contribution in [1.82, 2.24) is 0 Å². The molecule has 1 heterocycles. The first-order chi connectivity index (χ1) is 13.3. The zero-order valence-electron chi connectivity index (χ0n) is 14.0. The Morgan fingerprint density at radius 3 is 2.04 bits per heavy atom. The number of aliphatic carboxylic acids is 3. The van der Waals surface area contributed by atoms with E-state index >= 15 is 0 Å². The molecular formula is C19H12O9. The maximum Gasteiger partial charge on any atom is 0.397 e. The third-order valence-electron chi connectivity index (χ3n) is 3.93. The number of ether oxygens (including phenoxy) is 1. The minimum absolute atomic E-state index is 0.0288. The largest absolute Gasteiger partial charge is 0.477 e. The van der Waals surface area contributed by atoms with Gasteiger partial charge in [0.2, 0.25) is 0 Å². The molecule has 9 heteroatoms. The Labute approximate surface area is 156 Å². The van der Waals surface area contributed by atoms with E-state index in [1.165, 1.54) is 12.1 Å². The van der Waals surface area contributed by atoms with Crippen LogP contribution in [0.3, 0.4) is 0 Å². The van der Waals surface area contributed by atoms with E-state index in [-0.39, 0.29) is 16.7 Å². The Morgan fingerprint density at radius 2 is 1.46 bits per heavy atom. The zero-order valence-corrected chi connectivity index (χ0v) is 14.0. The van der Waals surface area contributed by atoms with E-state index in [4.69, 9.17) is 24.5 Å². The van der Waals surface area contributed by atoms with Crippen molar-refractivity contribution >= 4 is 28.9 Å². The molecule has 0 radical (unpaired) electrons. The van der Waals surface area contributed by atoms with E-state index in [1.807, 2.05) is 0 Å². The molecule has 0 amide bonds. The van der Waals surface area contributed by atoms with Gasteiger partial charge in [0, 0.05) is 17.7 Å². The summed E-state index contributed by atoms with van der Waals surface area (Å²) in [5.74, 6) is -6.84. The van der Waals surface area contributed by atoms with Crippen molar-refractivity contribution in [3.8, 4) is 17.1 Å². The van der Waals surface area contributed by atoms with Gasteiger partial charge in [-0.15, -0.1) is 0 Å². The lowest BCUT2D eigenvalue weighted by Gasteiger charge is -2.21. The Morgan fingerprint density at radius 1 is 0.857 bits per heavy atom. The molecule has 28 heavy (non-hydrogen) atoms. The predicted octanol–water partition coefficient (Wildman–Crippen LogP) is 1.83. The Balaban J connectivity index is 2.13. The molecule has 0 atom stereocenters. The summed E-state index contributed by atoms with van der Waals surface area (Å²) in [5, 5.41) is 27.5. The summed E-state index contributed by atoms with van der Waals surface area (Å²) in [6.45, 7) is 0. The highest BCUT2D eigenvalue weighted by Gasteiger charge is 2.58. The van der Waals surface area contributed by atoms with Crippen LogP contribution in [0.15, 0.2) is 63.8 Å². The number of carboxylic acid groups (broad SMARTS) is 3. The highest BCUT2D eigenvalue weighted by Crippen LogP contribution is 2.27. The highest BCUT2D eigenvalue weighted by atomic mass is 16.6. The van der Waals surface area contributed by atoms with Crippen LogP contribution in [0.4, 0.5) is 0 Å². The molecule has 0 spiro atoms. The molecule has 9 nitrogen and oxygen atoms in total. The molecular weight excluding hydrogens is 372 g/mol. The molecule has 0 unspecified atom stereocenters. The SMILES string of the molecule is O=C(O)C(Oc1ccc2c(=O)cc(-c3ccccc3)oc2c1)(C(=O)O)C(=O)O. The molecule has 142 valence electrons. The maximum absolute atomic E-state index is 12.3. The van der Waals surface area contributed by atoms with Crippen LogP contribution < -0.4 is 10.2 Å². The van der Waals surface area contributed by atoms with E-state index in [9.17, 15) is 19.2 Å². The number of fused-ring (bicyclic) bond motifs is 1. The summed E-state index contributed by atoms with van der Waals surface area (Å²) in [6.07, 6.45) is 0. The average Bonchev–Trinajstić information content (AvgIpc) is 2.65. The lowest BCUT2D eigenvalue weighted by atomic mass is 10.1. The van der Waals surface area contributed by atoms with E-state index < -0.39 is 34.7 Å². The van der Waals surface area contributed by atoms with E-state index in [1.54, 1.807) is 30.3 Å². The lowest BCUT2D eigenvalue weighted by molar-refractivity contribution is -0.183. The summed E-state index contributed by atoms with van der Waals surface area (Å²) in [5.41, 5.74) is -3.37. The van der Waals surface area contributed by atoms with Crippen molar-refractivity contribution in [3.63, 3.8) is 0 Å². The van der Waals surface area contributed by atoms with Crippen molar-refractivity contribution < 1.29 is 38.9 Å². The summed E-state index contributed by atoms with van der Waals surface area (Å²) >= 11 is 0. The molecule has 3 N–H and O–H groups in total. The van der Waals surface area contributed by atoms with Gasteiger partial charge in [0.05, 0.1) is 5.39 Å². The van der Waals surface area contributed by atoms with Gasteiger partial charge in [-0.25, -0.2) is 14.4 Å². The molecule has 0 fully saturated rings. The second-order valence-corrected chi connectivity index (χ2v) is 5.70. The molecule has 0 aliphatic carbocycles. The van der Waals surface area contributed by atoms with Crippen LogP contribution in [-0.4, -0.2) is 38.8 Å². The second-order valence-electron chi connectivity index (χ2n) is 5.70. The molecule has 3 aromatic rings. The average molecular weight is 384 g/mol. The zero-order chi connectivity index (χ0) is 20.5. The smallest absolute Gasteiger partial charge is 0.397 e. The Hall–Kier alpha value is -4.14. The van der Waals surface area contributed by atoms with Gasteiger partial charge in [-0.05, 0) is 12.1 Å². The van der Waals surface area contributed by atoms with Crippen molar-refractivity contribution in [2.45, 2.75) is 5.60 Å². The summed E-state index contributed by atoms with van der Waals surface area (Å²) in [7, 11) is 0. The van der Waals surface area contributed by atoms with Crippen LogP contribution in [0.1, 0.15) is 0 Å². The number of hydrogen-bond donors (Lipinski definition) is 3. The van der Waals surface area contributed by atoms with Crippen LogP contribution in [0.2, 0.25) is 0 Å². The Kier molecular flexibility index (Phi) is 4.58. The molecule has 0 saturated carbocycles. The Bertz CT molecular complexity index is 1110. The fourth-order valence-corrected chi connectivity index (χ4v) is 2.53. The van der Waals surface area contributed by atoms with Gasteiger partial charge in [0.15, 0.2) is 5.43 Å². The van der Waals surface area contributed by atoms with Gasteiger partial charge >= 0.3 is 23.5 Å². The van der Waals surface area contributed by atoms with Gasteiger partial charge in [-0.1, -0.05) is 30.3 Å². The number of rotatable bonds is 6. The van der Waals surface area contributed by atoms with Gasteiger partial charge in [0.1, 0.15) is 17.1 Å². The van der Waals surface area contributed by atoms with Gasteiger partial charge in [-0.3, -0.25) is 4.79 Å². The maximum atomic E-state index is 12.3. The van der Waals surface area contributed by atoms with Gasteiger partial charge < -0.3 is 24.5 Å². The first-order valence-corrected chi connectivity index (χ1v) is 7.78. The first-order valence-electron chi connectivity index (χ1n) is 7.78. The third-order valence-corrected chi connectivity index (χ3v) is 3.93. The van der Waals surface area contributed by atoms with Crippen LogP contribution >= 0.6 is 0 Å². The standard InChI is InChI=1S/C19H12O9/c20-13-9-14(10-4-2-1-3-5-10)27-15-8-11(6-7-12(13)15)28-19(16(21)22,17(23)24)18(25)26/h1-9H,(H,21,22)(H,23,24)(H,25,26). The quantitative estimate of drug-likeness (QED) is 0.540. The monoisotopic (exact) mass is 384 g/mol. The van der Waals surface area contributed by atoms with Crippen molar-refractivity contribution in [2.75, 3.05) is 0 Å². The van der Waals surface area contributed by atoms with Crippen LogP contribution in [0, 0.1) is 0 Å². The van der Waals surface area contributed by atoms with Crippen molar-refractivity contribution in [1.29, 1.82) is 0 Å². The third kappa shape index (κ3) is 3.05. The van der Waals surface area contributed by atoms with Crippen molar-refractivity contribution in [2.24, 2.45) is 0 Å². The molecule has 1 aromatic heterocycles. The predicted molar refractivity (Wildman–Crippen MR) is 94.2 cm³/mol. The normalized spacial score (nSPS) is 11.1. The van der Waals surface area contributed by atoms with Crippen molar-refractivity contribution in [3.05, 3.63) is 64.8 Å². The molecule has 3 rings (SSSR count). The molecule has 2 aromatic carbocycles. The molecule has 0 saturated heterocycles. The second kappa shape index (κ2) is 6.88. The number of hydrogen-bond acceptors (Lipinski definition) is 6. The minimum Gasteiger partial charge on any atom is -0.477 e. The highest BCUT2D eigenvalue weighted by molar-refractivity contribution is 6.20. The topological polar surface area (TPSA) is 151 Å². The minimum atomic E-state index is -3.55. The van der Waals surface area contributed by atoms with Gasteiger partial charge in [-0.2, -0.15) is 0 Å². The summed E-state index contributed by atoms with van der Waals surface area (Å²) in [4.78, 5) is 46.2. The fourth-order valence-electron chi connectivity index (χ4n) is 2.53. The van der Waals surface area contributed by atoms with E-state index in [0.717, 1.165) is 12.1 Å². The van der Waals surface area contributed by atoms with Crippen LogP contribution in [0.5, 0.6) is 5.75 Å². The molecule has 0 bridgehead atoms. The van der Waals surface area contributed by atoms with E-state index in [0.29, 0.717) is 5.56 Å². The summed E-state index contributed by atoms with van der Waals surface area (Å²) in [6, 6.07) is 13.3. The lowest BCUT2D eigenvalue weighted by Crippen LogP contribution is -2.58. The summed E-state index contributed by atoms with van der Waals surface area (Å²) < 4.78 is 10.5. The molecule has 0 aliphatic rings. The van der Waals surface area contributed by atoms with E-state index in [2.05, 4.69) is 0 Å². The molecule has 0 aliphatic heterocycles. The van der Waals surface area contributed by atoms with Crippen LogP contribution in [0.25, 0.3) is 22.3 Å².